The Balaban J connectivity index is 2.66. The first kappa shape index (κ1) is 12.5. The van der Waals surface area contributed by atoms with Crippen LogP contribution in [-0.4, -0.2) is 11.2 Å². The Morgan fingerprint density at radius 3 is 2.44 bits per heavy atom. The molecule has 0 aliphatic rings. The zero-order chi connectivity index (χ0) is 11.8. The maximum Gasteiger partial charge on any atom is 0.0821 e. The van der Waals surface area contributed by atoms with E-state index in [1.54, 1.807) is 12.2 Å². The second-order valence-corrected chi connectivity index (χ2v) is 3.60. The van der Waals surface area contributed by atoms with Gasteiger partial charge in [-0.1, -0.05) is 60.7 Å². The number of aliphatic hydroxyl groups excluding tert-OH is 1. The SMILES string of the molecule is C=CC(/C=C/C)C(O)/C=C/c1ccccc1. The number of hydrogen-bond acceptors (Lipinski definition) is 1. The summed E-state index contributed by atoms with van der Waals surface area (Å²) >= 11 is 0. The van der Waals surface area contributed by atoms with Crippen molar-refractivity contribution in [2.75, 3.05) is 0 Å². The van der Waals surface area contributed by atoms with Crippen molar-refractivity contribution in [2.24, 2.45) is 5.92 Å². The molecule has 1 rings (SSSR count). The minimum Gasteiger partial charge on any atom is -0.388 e. The van der Waals surface area contributed by atoms with Gasteiger partial charge in [-0.25, -0.2) is 0 Å². The van der Waals surface area contributed by atoms with Gasteiger partial charge in [-0.3, -0.25) is 0 Å². The van der Waals surface area contributed by atoms with Crippen LogP contribution in [0.5, 0.6) is 0 Å². The van der Waals surface area contributed by atoms with E-state index >= 15 is 0 Å². The minimum atomic E-state index is -0.520. The van der Waals surface area contributed by atoms with Gasteiger partial charge in [0.25, 0.3) is 0 Å². The lowest BCUT2D eigenvalue weighted by Gasteiger charge is -2.11. The van der Waals surface area contributed by atoms with Crippen molar-refractivity contribution in [2.45, 2.75) is 13.0 Å². The maximum absolute atomic E-state index is 9.89. The quantitative estimate of drug-likeness (QED) is 0.744. The lowest BCUT2D eigenvalue weighted by molar-refractivity contribution is 0.198. The van der Waals surface area contributed by atoms with Crippen molar-refractivity contribution in [1.82, 2.24) is 0 Å². The first-order valence-electron chi connectivity index (χ1n) is 5.44. The predicted octanol–water partition coefficient (Wildman–Crippen LogP) is 3.44. The normalized spacial score (nSPS) is 15.4. The third kappa shape index (κ3) is 3.87. The molecule has 2 unspecified atom stereocenters. The summed E-state index contributed by atoms with van der Waals surface area (Å²) in [4.78, 5) is 0. The average Bonchev–Trinajstić information content (AvgIpc) is 2.34. The van der Waals surface area contributed by atoms with Gasteiger partial charge in [-0.15, -0.1) is 6.58 Å². The van der Waals surface area contributed by atoms with Crippen LogP contribution in [0, 0.1) is 5.92 Å². The molecule has 1 N–H and O–H groups in total. The molecule has 0 bridgehead atoms. The van der Waals surface area contributed by atoms with Gasteiger partial charge in [0, 0.05) is 5.92 Å². The molecule has 1 aromatic carbocycles. The summed E-state index contributed by atoms with van der Waals surface area (Å²) in [6.45, 7) is 5.65. The summed E-state index contributed by atoms with van der Waals surface area (Å²) < 4.78 is 0. The third-order valence-corrected chi connectivity index (χ3v) is 2.37. The molecule has 1 heteroatoms. The van der Waals surface area contributed by atoms with Crippen LogP contribution in [0.1, 0.15) is 12.5 Å². The van der Waals surface area contributed by atoms with Crippen molar-refractivity contribution < 1.29 is 5.11 Å². The molecule has 0 saturated carbocycles. The number of rotatable bonds is 5. The van der Waals surface area contributed by atoms with Crippen molar-refractivity contribution in [1.29, 1.82) is 0 Å². The fourth-order valence-electron chi connectivity index (χ4n) is 1.46. The lowest BCUT2D eigenvalue weighted by Crippen LogP contribution is -2.12. The Hall–Kier alpha value is -1.60. The van der Waals surface area contributed by atoms with E-state index in [0.29, 0.717) is 0 Å². The smallest absolute Gasteiger partial charge is 0.0821 e. The van der Waals surface area contributed by atoms with E-state index in [4.69, 9.17) is 0 Å². The highest BCUT2D eigenvalue weighted by atomic mass is 16.3. The summed E-state index contributed by atoms with van der Waals surface area (Å²) in [5, 5.41) is 9.89. The first-order chi connectivity index (χ1) is 7.77. The first-order valence-corrected chi connectivity index (χ1v) is 5.44. The summed E-state index contributed by atoms with van der Waals surface area (Å²) in [5.41, 5.74) is 1.09. The van der Waals surface area contributed by atoms with Crippen LogP contribution < -0.4 is 0 Å². The van der Waals surface area contributed by atoms with E-state index in [1.807, 2.05) is 55.5 Å². The Bertz CT molecular complexity index is 362. The van der Waals surface area contributed by atoms with Gasteiger partial charge in [0.15, 0.2) is 0 Å². The second kappa shape index (κ2) is 6.81. The molecule has 0 fully saturated rings. The number of allylic oxidation sites excluding steroid dienone is 1. The number of hydrogen-bond donors (Lipinski definition) is 1. The Kier molecular flexibility index (Phi) is 5.30. The topological polar surface area (TPSA) is 20.2 Å². The van der Waals surface area contributed by atoms with Gasteiger partial charge < -0.3 is 5.11 Å². The summed E-state index contributed by atoms with van der Waals surface area (Å²) in [6.07, 6.45) is 8.81. The predicted molar refractivity (Wildman–Crippen MR) is 70.0 cm³/mol. The fraction of sp³-hybridized carbons (Fsp3) is 0.200. The average molecular weight is 214 g/mol. The van der Waals surface area contributed by atoms with Crippen LogP contribution in [0.3, 0.4) is 0 Å². The van der Waals surface area contributed by atoms with Gasteiger partial charge >= 0.3 is 0 Å². The summed E-state index contributed by atoms with van der Waals surface area (Å²) in [5.74, 6) is -0.0232. The molecular weight excluding hydrogens is 196 g/mol. The van der Waals surface area contributed by atoms with E-state index in [0.717, 1.165) is 5.56 Å². The van der Waals surface area contributed by atoms with Gasteiger partial charge in [0.2, 0.25) is 0 Å². The largest absolute Gasteiger partial charge is 0.388 e. The van der Waals surface area contributed by atoms with Crippen LogP contribution >= 0.6 is 0 Å². The molecule has 0 amide bonds. The molecule has 0 spiro atoms. The molecule has 0 aliphatic heterocycles. The third-order valence-electron chi connectivity index (χ3n) is 2.37. The van der Waals surface area contributed by atoms with Crippen molar-refractivity contribution in [3.63, 3.8) is 0 Å². The van der Waals surface area contributed by atoms with Crippen LogP contribution in [0.2, 0.25) is 0 Å². The molecule has 16 heavy (non-hydrogen) atoms. The van der Waals surface area contributed by atoms with Crippen molar-refractivity contribution in [3.8, 4) is 0 Å². The molecule has 1 aromatic rings. The monoisotopic (exact) mass is 214 g/mol. The highest BCUT2D eigenvalue weighted by molar-refractivity contribution is 5.49. The molecule has 0 saturated heterocycles. The fourth-order valence-corrected chi connectivity index (χ4v) is 1.46. The van der Waals surface area contributed by atoms with E-state index in [2.05, 4.69) is 6.58 Å². The van der Waals surface area contributed by atoms with Crippen LogP contribution in [0.25, 0.3) is 6.08 Å². The standard InChI is InChI=1S/C15H18O/c1-3-8-14(4-2)15(16)12-11-13-9-6-5-7-10-13/h3-12,14-16H,2H2,1H3/b8-3+,12-11+. The van der Waals surface area contributed by atoms with Crippen LogP contribution in [-0.2, 0) is 0 Å². The van der Waals surface area contributed by atoms with Gasteiger partial charge in [-0.2, -0.15) is 0 Å². The Labute approximate surface area is 97.4 Å². The number of aliphatic hydroxyl groups is 1. The zero-order valence-electron chi connectivity index (χ0n) is 9.58. The van der Waals surface area contributed by atoms with E-state index < -0.39 is 6.10 Å². The van der Waals surface area contributed by atoms with E-state index in [-0.39, 0.29) is 5.92 Å². The molecule has 0 heterocycles. The van der Waals surface area contributed by atoms with Crippen LogP contribution in [0.15, 0.2) is 61.2 Å². The maximum atomic E-state index is 9.89. The Morgan fingerprint density at radius 1 is 1.19 bits per heavy atom. The van der Waals surface area contributed by atoms with E-state index in [1.165, 1.54) is 0 Å². The van der Waals surface area contributed by atoms with Gasteiger partial charge in [0.1, 0.15) is 0 Å². The summed E-state index contributed by atoms with van der Waals surface area (Å²) in [7, 11) is 0. The zero-order valence-corrected chi connectivity index (χ0v) is 9.58. The molecule has 84 valence electrons. The molecule has 0 aliphatic carbocycles. The van der Waals surface area contributed by atoms with Crippen molar-refractivity contribution >= 4 is 6.08 Å². The highest BCUT2D eigenvalue weighted by Crippen LogP contribution is 2.11. The molecule has 2 atom stereocenters. The summed E-state index contributed by atoms with van der Waals surface area (Å²) in [6, 6.07) is 9.93. The molecular formula is C15H18O. The van der Waals surface area contributed by atoms with Crippen LogP contribution in [0.4, 0.5) is 0 Å². The minimum absolute atomic E-state index is 0.0232. The molecule has 0 radical (unpaired) electrons. The van der Waals surface area contributed by atoms with Gasteiger partial charge in [-0.05, 0) is 12.5 Å². The Morgan fingerprint density at radius 2 is 1.88 bits per heavy atom. The van der Waals surface area contributed by atoms with Crippen molar-refractivity contribution in [3.05, 3.63) is 66.8 Å². The van der Waals surface area contributed by atoms with E-state index in [9.17, 15) is 5.11 Å². The second-order valence-electron chi connectivity index (χ2n) is 3.60. The molecule has 0 aromatic heterocycles. The number of benzene rings is 1. The highest BCUT2D eigenvalue weighted by Gasteiger charge is 2.08. The lowest BCUT2D eigenvalue weighted by atomic mass is 10.0. The van der Waals surface area contributed by atoms with Gasteiger partial charge in [0.05, 0.1) is 6.10 Å². The molecule has 1 nitrogen and oxygen atoms in total.